The predicted molar refractivity (Wildman–Crippen MR) is 64.4 cm³/mol. The van der Waals surface area contributed by atoms with E-state index in [1.807, 2.05) is 0 Å². The molecule has 0 aromatic carbocycles. The zero-order chi connectivity index (χ0) is 11.0. The molecule has 5 nitrogen and oxygen atoms in total. The number of hydrogen-bond acceptors (Lipinski definition) is 5. The second-order valence-corrected chi connectivity index (χ2v) is 3.44. The molecule has 0 radical (unpaired) electrons. The van der Waals surface area contributed by atoms with Gasteiger partial charge in [0.1, 0.15) is 0 Å². The minimum absolute atomic E-state index is 0.593. The van der Waals surface area contributed by atoms with Crippen LogP contribution in [0.2, 0.25) is 13.6 Å². The van der Waals surface area contributed by atoms with E-state index in [2.05, 4.69) is 24.9 Å². The average molecular weight is 217 g/mol. The molecule has 5 N–H and O–H groups in total. The summed E-state index contributed by atoms with van der Waals surface area (Å²) in [6.45, 7) is 4.05. The van der Waals surface area contributed by atoms with Crippen molar-refractivity contribution in [1.29, 1.82) is 0 Å². The van der Waals surface area contributed by atoms with Crippen molar-refractivity contribution in [1.82, 2.24) is 15.5 Å². The van der Waals surface area contributed by atoms with Crippen LogP contribution in [0.4, 0.5) is 0 Å². The molecule has 14 heavy (non-hydrogen) atoms. The Balaban J connectivity index is 4.01. The number of rotatable bonds is 7. The molecule has 1 atom stereocenters. The zero-order valence-corrected chi connectivity index (χ0v) is 9.77. The highest BCUT2D eigenvalue weighted by molar-refractivity contribution is 7.13. The van der Waals surface area contributed by atoms with E-state index in [0.29, 0.717) is 0 Å². The van der Waals surface area contributed by atoms with Crippen LogP contribution in [0.3, 0.4) is 0 Å². The quantitative estimate of drug-likeness (QED) is 0.279. The van der Waals surface area contributed by atoms with Crippen LogP contribution in [-0.4, -0.2) is 30.7 Å². The van der Waals surface area contributed by atoms with Crippen molar-refractivity contribution >= 4 is 23.5 Å². The van der Waals surface area contributed by atoms with Crippen LogP contribution < -0.4 is 15.5 Å². The van der Waals surface area contributed by atoms with E-state index in [1.165, 1.54) is 0 Å². The van der Waals surface area contributed by atoms with Crippen LogP contribution in [0.15, 0.2) is 11.9 Å². The van der Waals surface area contributed by atoms with Gasteiger partial charge in [-0.1, -0.05) is 9.39 Å². The molecule has 0 spiro atoms. The highest BCUT2D eigenvalue weighted by Gasteiger charge is 2.06. The highest BCUT2D eigenvalue weighted by Crippen LogP contribution is 1.95. The van der Waals surface area contributed by atoms with Crippen LogP contribution >= 0.6 is 9.39 Å². The van der Waals surface area contributed by atoms with Crippen molar-refractivity contribution in [2.75, 3.05) is 6.54 Å². The van der Waals surface area contributed by atoms with Crippen LogP contribution in [-0.2, 0) is 0 Å². The molecule has 0 saturated heterocycles. The molecule has 0 heterocycles. The lowest BCUT2D eigenvalue weighted by atomic mass is 9.87. The van der Waals surface area contributed by atoms with Gasteiger partial charge < -0.3 is 25.6 Å². The molecule has 8 heteroatoms. The summed E-state index contributed by atoms with van der Waals surface area (Å²) < 4.78 is 0. The molecule has 0 amide bonds. The van der Waals surface area contributed by atoms with Crippen LogP contribution in [0.5, 0.6) is 0 Å². The lowest BCUT2D eigenvalue weighted by molar-refractivity contribution is 0.558. The summed E-state index contributed by atoms with van der Waals surface area (Å²) in [6, 6.07) is 0. The summed E-state index contributed by atoms with van der Waals surface area (Å²) in [5.74, 6) is 0. The topological polar surface area (TPSA) is 76.5 Å². The first-order valence-electron chi connectivity index (χ1n) is 4.57. The molecule has 0 aliphatic rings. The van der Waals surface area contributed by atoms with Gasteiger partial charge in [0.05, 0.1) is 0 Å². The first kappa shape index (κ1) is 13.8. The molecule has 0 bridgehead atoms. The van der Waals surface area contributed by atoms with Crippen molar-refractivity contribution in [3.8, 4) is 0 Å². The third kappa shape index (κ3) is 8.38. The third-order valence-corrected chi connectivity index (χ3v) is 1.72. The summed E-state index contributed by atoms with van der Waals surface area (Å²) in [7, 11) is 1.22. The fourth-order valence-electron chi connectivity index (χ4n) is 0.882. The van der Waals surface area contributed by atoms with Gasteiger partial charge in [0.25, 0.3) is 0 Å². The van der Waals surface area contributed by atoms with Crippen molar-refractivity contribution < 1.29 is 10.0 Å². The largest absolute Gasteiger partial charge is 0.433 e. The Morgan fingerprint density at radius 2 is 2.00 bits per heavy atom. The van der Waals surface area contributed by atoms with Crippen LogP contribution in [0, 0.1) is 0 Å². The SMILES string of the molecule is CB(O)N/C=C(/CCNP)NB(C)O. The van der Waals surface area contributed by atoms with Crippen LogP contribution in [0.25, 0.3) is 0 Å². The molecule has 0 fully saturated rings. The van der Waals surface area contributed by atoms with Gasteiger partial charge in [0.15, 0.2) is 0 Å². The normalized spacial score (nSPS) is 11.1. The average Bonchev–Trinajstić information content (AvgIpc) is 2.09. The van der Waals surface area contributed by atoms with Gasteiger partial charge in [-0.3, -0.25) is 0 Å². The zero-order valence-electron chi connectivity index (χ0n) is 8.62. The van der Waals surface area contributed by atoms with Gasteiger partial charge in [-0.05, 0) is 13.6 Å². The summed E-state index contributed by atoms with van der Waals surface area (Å²) in [4.78, 5) is 0. The Labute approximate surface area is 88.3 Å². The maximum absolute atomic E-state index is 9.12. The van der Waals surface area contributed by atoms with E-state index in [1.54, 1.807) is 19.8 Å². The van der Waals surface area contributed by atoms with E-state index in [0.717, 1.165) is 18.7 Å². The Kier molecular flexibility index (Phi) is 7.99. The Hall–Kier alpha value is -0.220. The van der Waals surface area contributed by atoms with Crippen LogP contribution in [0.1, 0.15) is 6.42 Å². The van der Waals surface area contributed by atoms with Gasteiger partial charge in [0, 0.05) is 24.9 Å². The van der Waals surface area contributed by atoms with Gasteiger partial charge >= 0.3 is 14.1 Å². The standard InChI is InChI=1S/C6H18B2N3O2P/c1-7(12)9-5-6(3-4-10-14)11-8(2)13/h5,9-13H,3-4,14H2,1-2H3/b6-5-. The Morgan fingerprint density at radius 1 is 1.36 bits per heavy atom. The smallest absolute Gasteiger partial charge is 0.406 e. The first-order valence-corrected chi connectivity index (χ1v) is 5.15. The van der Waals surface area contributed by atoms with E-state index in [-0.39, 0.29) is 0 Å². The first-order chi connectivity index (χ1) is 6.56. The van der Waals surface area contributed by atoms with E-state index in [4.69, 9.17) is 10.0 Å². The van der Waals surface area contributed by atoms with E-state index in [9.17, 15) is 0 Å². The molecular formula is C6H18B2N3O2P. The second kappa shape index (κ2) is 8.12. The summed E-state index contributed by atoms with van der Waals surface area (Å²) >= 11 is 0. The summed E-state index contributed by atoms with van der Waals surface area (Å²) in [5.41, 5.74) is 0.843. The summed E-state index contributed by atoms with van der Waals surface area (Å²) in [5, 5.41) is 26.6. The lowest BCUT2D eigenvalue weighted by Crippen LogP contribution is -2.33. The monoisotopic (exact) mass is 217 g/mol. The van der Waals surface area contributed by atoms with E-state index < -0.39 is 14.1 Å². The molecule has 0 saturated carbocycles. The van der Waals surface area contributed by atoms with Gasteiger partial charge in [-0.15, -0.1) is 0 Å². The van der Waals surface area contributed by atoms with Crippen molar-refractivity contribution in [3.63, 3.8) is 0 Å². The lowest BCUT2D eigenvalue weighted by Gasteiger charge is -2.12. The van der Waals surface area contributed by atoms with E-state index >= 15 is 0 Å². The second-order valence-electron chi connectivity index (χ2n) is 3.04. The predicted octanol–water partition coefficient (Wildman–Crippen LogP) is -1.00. The van der Waals surface area contributed by atoms with Crippen molar-refractivity contribution in [2.45, 2.75) is 20.1 Å². The molecule has 1 unspecified atom stereocenters. The minimum atomic E-state index is -0.596. The van der Waals surface area contributed by atoms with Crippen molar-refractivity contribution in [3.05, 3.63) is 11.9 Å². The molecule has 0 aliphatic carbocycles. The maximum atomic E-state index is 9.12. The molecule has 0 aromatic rings. The fourth-order valence-corrected chi connectivity index (χ4v) is 1.03. The molecule has 0 aliphatic heterocycles. The Bertz CT molecular complexity index is 180. The number of hydrogen-bond donors (Lipinski definition) is 5. The van der Waals surface area contributed by atoms with Crippen molar-refractivity contribution in [2.24, 2.45) is 0 Å². The minimum Gasteiger partial charge on any atom is -0.433 e. The molecule has 0 aromatic heterocycles. The molecular weight excluding hydrogens is 199 g/mol. The highest BCUT2D eigenvalue weighted by atomic mass is 31.0. The number of nitrogens with one attached hydrogen (secondary N) is 3. The van der Waals surface area contributed by atoms with Gasteiger partial charge in [-0.2, -0.15) is 0 Å². The Morgan fingerprint density at radius 3 is 2.43 bits per heavy atom. The maximum Gasteiger partial charge on any atom is 0.406 e. The summed E-state index contributed by atoms with van der Waals surface area (Å²) in [6.07, 6.45) is 2.41. The molecule has 80 valence electrons. The fraction of sp³-hybridized carbons (Fsp3) is 0.667. The third-order valence-electron chi connectivity index (χ3n) is 1.43. The van der Waals surface area contributed by atoms with Gasteiger partial charge in [-0.25, -0.2) is 0 Å². The molecule has 0 rings (SSSR count). The van der Waals surface area contributed by atoms with Gasteiger partial charge in [0.2, 0.25) is 0 Å².